The van der Waals surface area contributed by atoms with Crippen molar-refractivity contribution in [3.05, 3.63) is 82.3 Å². The number of aromatic nitrogens is 3. The molecule has 1 saturated heterocycles. The summed E-state index contributed by atoms with van der Waals surface area (Å²) in [6, 6.07) is 19.0. The van der Waals surface area contributed by atoms with Crippen molar-refractivity contribution in [2.45, 2.75) is 13.5 Å². The molecule has 8 nitrogen and oxygen atoms in total. The summed E-state index contributed by atoms with van der Waals surface area (Å²) in [5.74, 6) is 0.722. The third-order valence-corrected chi connectivity index (χ3v) is 6.83. The first-order valence-electron chi connectivity index (χ1n) is 11.2. The van der Waals surface area contributed by atoms with Gasteiger partial charge in [0.1, 0.15) is 10.8 Å². The van der Waals surface area contributed by atoms with E-state index < -0.39 is 0 Å². The van der Waals surface area contributed by atoms with Crippen LogP contribution in [0.3, 0.4) is 0 Å². The quantitative estimate of drug-likeness (QED) is 0.427. The summed E-state index contributed by atoms with van der Waals surface area (Å²) in [6.07, 6.45) is 0. The van der Waals surface area contributed by atoms with Crippen LogP contribution >= 0.6 is 11.3 Å². The maximum absolute atomic E-state index is 12.6. The van der Waals surface area contributed by atoms with E-state index in [-0.39, 0.29) is 18.1 Å². The molecule has 1 aliphatic rings. The molecule has 3 heterocycles. The first-order valence-corrected chi connectivity index (χ1v) is 12.0. The molecular formula is C25H25N5O3S. The molecule has 0 radical (unpaired) electrons. The second kappa shape index (κ2) is 9.74. The van der Waals surface area contributed by atoms with Gasteiger partial charge in [0.25, 0.3) is 11.5 Å². The number of hydrogen-bond acceptors (Lipinski definition) is 7. The molecule has 0 aliphatic carbocycles. The molecule has 1 fully saturated rings. The van der Waals surface area contributed by atoms with E-state index in [0.29, 0.717) is 24.6 Å². The third-order valence-electron chi connectivity index (χ3n) is 5.87. The highest BCUT2D eigenvalue weighted by Gasteiger charge is 2.22. The van der Waals surface area contributed by atoms with Crippen LogP contribution in [0.15, 0.2) is 65.5 Å². The van der Waals surface area contributed by atoms with Gasteiger partial charge in [-0.3, -0.25) is 14.5 Å². The van der Waals surface area contributed by atoms with Crippen LogP contribution in [0, 0.1) is 6.92 Å². The van der Waals surface area contributed by atoms with Crippen LogP contribution in [0.5, 0.6) is 5.75 Å². The number of aryl methyl sites for hydroxylation is 1. The molecule has 9 heteroatoms. The number of fused-ring (bicyclic) bond motifs is 1. The Morgan fingerprint density at radius 2 is 1.76 bits per heavy atom. The van der Waals surface area contributed by atoms with E-state index in [1.807, 2.05) is 66.4 Å². The van der Waals surface area contributed by atoms with E-state index in [1.165, 1.54) is 15.9 Å². The molecule has 0 saturated carbocycles. The second-order valence-corrected chi connectivity index (χ2v) is 9.22. The van der Waals surface area contributed by atoms with Crippen LogP contribution in [0.4, 0.5) is 0 Å². The molecule has 34 heavy (non-hydrogen) atoms. The molecule has 1 aliphatic heterocycles. The van der Waals surface area contributed by atoms with Gasteiger partial charge in [0.05, 0.1) is 5.69 Å². The second-order valence-electron chi connectivity index (χ2n) is 8.26. The lowest BCUT2D eigenvalue weighted by Gasteiger charge is -2.34. The minimum Gasteiger partial charge on any atom is -0.484 e. The van der Waals surface area contributed by atoms with Gasteiger partial charge < -0.3 is 9.64 Å². The monoisotopic (exact) mass is 475 g/mol. The lowest BCUT2D eigenvalue weighted by atomic mass is 10.2. The van der Waals surface area contributed by atoms with Crippen LogP contribution in [-0.2, 0) is 11.3 Å². The van der Waals surface area contributed by atoms with Gasteiger partial charge in [0, 0.05) is 44.4 Å². The van der Waals surface area contributed by atoms with E-state index in [1.54, 1.807) is 6.07 Å². The van der Waals surface area contributed by atoms with Gasteiger partial charge in [-0.2, -0.15) is 9.61 Å². The van der Waals surface area contributed by atoms with Gasteiger partial charge >= 0.3 is 0 Å². The summed E-state index contributed by atoms with van der Waals surface area (Å²) in [6.45, 7) is 5.24. The van der Waals surface area contributed by atoms with Crippen LogP contribution in [0.25, 0.3) is 15.5 Å². The summed E-state index contributed by atoms with van der Waals surface area (Å²) < 4.78 is 7.07. The smallest absolute Gasteiger partial charge is 0.275 e. The Hall–Kier alpha value is -3.56. The molecule has 0 spiro atoms. The van der Waals surface area contributed by atoms with Gasteiger partial charge in [-0.15, -0.1) is 0 Å². The molecule has 0 N–H and O–H groups in total. The van der Waals surface area contributed by atoms with Crippen LogP contribution < -0.4 is 10.3 Å². The number of para-hydroxylation sites is 1. The lowest BCUT2D eigenvalue weighted by Crippen LogP contribution is -2.49. The summed E-state index contributed by atoms with van der Waals surface area (Å²) in [5, 5.41) is 5.20. The highest BCUT2D eigenvalue weighted by molar-refractivity contribution is 7.19. The minimum absolute atomic E-state index is 0.0150. The van der Waals surface area contributed by atoms with Gasteiger partial charge in [-0.25, -0.2) is 4.98 Å². The van der Waals surface area contributed by atoms with Crippen molar-refractivity contribution in [3.63, 3.8) is 0 Å². The molecule has 0 atom stereocenters. The summed E-state index contributed by atoms with van der Waals surface area (Å²) in [5.41, 5.74) is 2.51. The van der Waals surface area contributed by atoms with E-state index >= 15 is 0 Å². The Labute approximate surface area is 201 Å². The molecule has 2 aromatic heterocycles. The van der Waals surface area contributed by atoms with Crippen molar-refractivity contribution in [1.82, 2.24) is 24.4 Å². The maximum atomic E-state index is 12.6. The normalized spacial score (nSPS) is 14.4. The Bertz CT molecular complexity index is 1360. The van der Waals surface area contributed by atoms with Crippen molar-refractivity contribution < 1.29 is 9.53 Å². The van der Waals surface area contributed by atoms with E-state index in [0.717, 1.165) is 40.7 Å². The lowest BCUT2D eigenvalue weighted by molar-refractivity contribution is -0.135. The molecule has 0 unspecified atom stereocenters. The number of nitrogens with zero attached hydrogens (tertiary/aromatic N) is 5. The highest BCUT2D eigenvalue weighted by Crippen LogP contribution is 2.24. The topological polar surface area (TPSA) is 80.0 Å². The molecule has 2 aromatic carbocycles. The van der Waals surface area contributed by atoms with E-state index in [2.05, 4.69) is 15.0 Å². The zero-order chi connectivity index (χ0) is 23.5. The third kappa shape index (κ3) is 4.85. The first kappa shape index (κ1) is 22.2. The number of benzene rings is 2. The average molecular weight is 476 g/mol. The Morgan fingerprint density at radius 1 is 1.03 bits per heavy atom. The number of rotatable bonds is 6. The summed E-state index contributed by atoms with van der Waals surface area (Å²) in [7, 11) is 0. The number of carbonyl (C=O) groups is 1. The van der Waals surface area contributed by atoms with Crippen molar-refractivity contribution in [2.24, 2.45) is 0 Å². The fourth-order valence-electron chi connectivity index (χ4n) is 3.97. The molecular weight excluding hydrogens is 450 g/mol. The van der Waals surface area contributed by atoms with Gasteiger partial charge in [-0.05, 0) is 18.6 Å². The SMILES string of the molecule is Cc1ccccc1OCC(=O)N1CCN(Cc2cc(=O)n3nc(-c4ccccc4)sc3n2)CC1. The van der Waals surface area contributed by atoms with Crippen LogP contribution in [0.1, 0.15) is 11.3 Å². The Kier molecular flexibility index (Phi) is 6.37. The van der Waals surface area contributed by atoms with E-state index in [9.17, 15) is 9.59 Å². The number of ether oxygens (including phenoxy) is 1. The number of hydrogen-bond donors (Lipinski definition) is 0. The van der Waals surface area contributed by atoms with Crippen molar-refractivity contribution in [3.8, 4) is 16.3 Å². The van der Waals surface area contributed by atoms with Crippen LogP contribution in [0.2, 0.25) is 0 Å². The van der Waals surface area contributed by atoms with Gasteiger partial charge in [0.15, 0.2) is 6.61 Å². The maximum Gasteiger partial charge on any atom is 0.275 e. The van der Waals surface area contributed by atoms with Gasteiger partial charge in [0.2, 0.25) is 4.96 Å². The number of amides is 1. The average Bonchev–Trinajstić information content (AvgIpc) is 3.29. The molecule has 5 rings (SSSR count). The predicted octanol–water partition coefficient (Wildman–Crippen LogP) is 2.85. The molecule has 4 aromatic rings. The molecule has 1 amide bonds. The minimum atomic E-state index is -0.180. The standard InChI is InChI=1S/C25H25N5O3S/c1-18-7-5-6-10-21(18)33-17-23(32)29-13-11-28(12-14-29)16-20-15-22(31)30-25(26-20)34-24(27-30)19-8-3-2-4-9-19/h2-10,15H,11-14,16-17H2,1H3. The fourth-order valence-corrected chi connectivity index (χ4v) is 4.90. The summed E-state index contributed by atoms with van der Waals surface area (Å²) >= 11 is 1.41. The zero-order valence-corrected chi connectivity index (χ0v) is 19.7. The molecule has 174 valence electrons. The van der Waals surface area contributed by atoms with Crippen LogP contribution in [-0.4, -0.2) is 63.1 Å². The van der Waals surface area contributed by atoms with E-state index in [4.69, 9.17) is 4.74 Å². The Morgan fingerprint density at radius 3 is 2.53 bits per heavy atom. The number of piperazine rings is 1. The van der Waals surface area contributed by atoms with Crippen molar-refractivity contribution in [1.29, 1.82) is 0 Å². The highest BCUT2D eigenvalue weighted by atomic mass is 32.1. The van der Waals surface area contributed by atoms with Crippen molar-refractivity contribution >= 4 is 22.2 Å². The predicted molar refractivity (Wildman–Crippen MR) is 131 cm³/mol. The Balaban J connectivity index is 1.19. The molecule has 0 bridgehead atoms. The fraction of sp³-hybridized carbons (Fsp3) is 0.280. The largest absolute Gasteiger partial charge is 0.484 e. The number of carbonyl (C=O) groups excluding carboxylic acids is 1. The zero-order valence-electron chi connectivity index (χ0n) is 18.9. The van der Waals surface area contributed by atoms with Crippen molar-refractivity contribution in [2.75, 3.05) is 32.8 Å². The first-order chi connectivity index (χ1) is 16.6. The summed E-state index contributed by atoms with van der Waals surface area (Å²) in [4.78, 5) is 34.5. The van der Waals surface area contributed by atoms with Gasteiger partial charge in [-0.1, -0.05) is 59.9 Å².